The maximum Gasteiger partial charge on any atom is 0.272 e. The van der Waals surface area contributed by atoms with Crippen molar-refractivity contribution < 1.29 is 9.59 Å². The Morgan fingerprint density at radius 2 is 1.70 bits per heavy atom. The summed E-state index contributed by atoms with van der Waals surface area (Å²) in [6.45, 7) is 1.33. The second-order valence-electron chi connectivity index (χ2n) is 4.71. The maximum absolute atomic E-state index is 12.4. The van der Waals surface area contributed by atoms with Crippen LogP contribution in [0.4, 0.5) is 5.69 Å². The molecule has 2 aromatic rings. The van der Waals surface area contributed by atoms with Crippen LogP contribution >= 0.6 is 23.2 Å². The molecule has 118 valence electrons. The van der Waals surface area contributed by atoms with E-state index < -0.39 is 5.91 Å². The van der Waals surface area contributed by atoms with Gasteiger partial charge in [-0.1, -0.05) is 59.6 Å². The van der Waals surface area contributed by atoms with Gasteiger partial charge in [0.05, 0.1) is 15.7 Å². The largest absolute Gasteiger partial charge is 0.322 e. The van der Waals surface area contributed by atoms with Gasteiger partial charge in [-0.15, -0.1) is 0 Å². The number of benzene rings is 2. The van der Waals surface area contributed by atoms with Gasteiger partial charge in [-0.25, -0.2) is 0 Å². The average molecular weight is 349 g/mol. The number of amides is 2. The number of anilines is 1. The number of halogens is 2. The molecule has 0 radical (unpaired) electrons. The van der Waals surface area contributed by atoms with Gasteiger partial charge in [0.2, 0.25) is 5.91 Å². The van der Waals surface area contributed by atoms with Gasteiger partial charge < -0.3 is 10.6 Å². The predicted molar refractivity (Wildman–Crippen MR) is 93.3 cm³/mol. The van der Waals surface area contributed by atoms with Crippen molar-refractivity contribution in [1.29, 1.82) is 0 Å². The molecule has 6 heteroatoms. The van der Waals surface area contributed by atoms with E-state index in [0.717, 1.165) is 5.56 Å². The lowest BCUT2D eigenvalue weighted by Crippen LogP contribution is -2.29. The van der Waals surface area contributed by atoms with Gasteiger partial charge >= 0.3 is 0 Å². The van der Waals surface area contributed by atoms with E-state index in [4.69, 9.17) is 23.2 Å². The minimum Gasteiger partial charge on any atom is -0.322 e. The minimum atomic E-state index is -0.492. The number of nitrogens with one attached hydrogen (secondary N) is 2. The van der Waals surface area contributed by atoms with E-state index >= 15 is 0 Å². The molecule has 4 nitrogen and oxygen atoms in total. The zero-order valence-corrected chi connectivity index (χ0v) is 13.8. The van der Waals surface area contributed by atoms with E-state index in [1.165, 1.54) is 6.92 Å². The molecule has 0 aliphatic heterocycles. The molecule has 2 aromatic carbocycles. The third-order valence-corrected chi connectivity index (χ3v) is 3.68. The van der Waals surface area contributed by atoms with Crippen molar-refractivity contribution >= 4 is 46.8 Å². The van der Waals surface area contributed by atoms with Gasteiger partial charge in [0, 0.05) is 6.92 Å². The van der Waals surface area contributed by atoms with Crippen molar-refractivity contribution in [3.8, 4) is 0 Å². The molecule has 23 heavy (non-hydrogen) atoms. The summed E-state index contributed by atoms with van der Waals surface area (Å²) in [5, 5.41) is 5.73. The molecule has 0 bridgehead atoms. The fraction of sp³-hybridized carbons (Fsp3) is 0.0588. The summed E-state index contributed by atoms with van der Waals surface area (Å²) in [6, 6.07) is 14.1. The van der Waals surface area contributed by atoms with Crippen LogP contribution in [0.25, 0.3) is 6.08 Å². The summed E-state index contributed by atoms with van der Waals surface area (Å²) in [7, 11) is 0. The van der Waals surface area contributed by atoms with E-state index in [-0.39, 0.29) is 16.6 Å². The number of hydrogen-bond acceptors (Lipinski definition) is 2. The Bertz CT molecular complexity index is 758. The first kappa shape index (κ1) is 17.1. The van der Waals surface area contributed by atoms with Crippen LogP contribution in [0.5, 0.6) is 0 Å². The first-order valence-electron chi connectivity index (χ1n) is 6.77. The standard InChI is InChI=1S/C17H14Cl2N2O2/c1-11(22)20-15(10-12-6-3-2-4-7-12)17(23)21-14-9-5-8-13(18)16(14)19/h2-10H,1H3,(H,20,22)(H,21,23). The minimum absolute atomic E-state index is 0.111. The number of hydrogen-bond donors (Lipinski definition) is 2. The SMILES string of the molecule is CC(=O)NC(=Cc1ccccc1)C(=O)Nc1cccc(Cl)c1Cl. The molecule has 0 saturated heterocycles. The van der Waals surface area contributed by atoms with Crippen molar-refractivity contribution in [3.63, 3.8) is 0 Å². The molecule has 0 saturated carbocycles. The Labute approximate surface area is 144 Å². The van der Waals surface area contributed by atoms with Crippen LogP contribution in [0.15, 0.2) is 54.2 Å². The topological polar surface area (TPSA) is 58.2 Å². The number of carbonyl (C=O) groups is 2. The summed E-state index contributed by atoms with van der Waals surface area (Å²) in [6.07, 6.45) is 1.58. The van der Waals surface area contributed by atoms with Crippen LogP contribution < -0.4 is 10.6 Å². The molecule has 0 aliphatic carbocycles. The highest BCUT2D eigenvalue weighted by Gasteiger charge is 2.14. The smallest absolute Gasteiger partial charge is 0.272 e. The molecule has 2 N–H and O–H groups in total. The third kappa shape index (κ3) is 4.84. The van der Waals surface area contributed by atoms with E-state index in [1.54, 1.807) is 24.3 Å². The molecule has 0 spiro atoms. The van der Waals surface area contributed by atoms with Crippen LogP contribution in [-0.2, 0) is 9.59 Å². The summed E-state index contributed by atoms with van der Waals surface area (Å²) in [5.41, 5.74) is 1.26. The van der Waals surface area contributed by atoms with Crippen LogP contribution in [-0.4, -0.2) is 11.8 Å². The van der Waals surface area contributed by atoms with E-state index in [9.17, 15) is 9.59 Å². The van der Waals surface area contributed by atoms with E-state index in [2.05, 4.69) is 10.6 Å². The highest BCUT2D eigenvalue weighted by atomic mass is 35.5. The quantitative estimate of drug-likeness (QED) is 0.816. The third-order valence-electron chi connectivity index (χ3n) is 2.87. The van der Waals surface area contributed by atoms with Crippen LogP contribution in [0, 0.1) is 0 Å². The summed E-state index contributed by atoms with van der Waals surface area (Å²) < 4.78 is 0. The first-order valence-corrected chi connectivity index (χ1v) is 7.52. The van der Waals surface area contributed by atoms with Crippen molar-refractivity contribution in [1.82, 2.24) is 5.32 Å². The lowest BCUT2D eigenvalue weighted by atomic mass is 10.2. The Morgan fingerprint density at radius 1 is 1.00 bits per heavy atom. The Hall–Kier alpha value is -2.30. The maximum atomic E-state index is 12.4. The lowest BCUT2D eigenvalue weighted by Gasteiger charge is -2.11. The van der Waals surface area contributed by atoms with Crippen molar-refractivity contribution in [2.45, 2.75) is 6.92 Å². The Morgan fingerprint density at radius 3 is 2.35 bits per heavy atom. The zero-order valence-electron chi connectivity index (χ0n) is 12.3. The highest BCUT2D eigenvalue weighted by Crippen LogP contribution is 2.29. The molecule has 0 unspecified atom stereocenters. The van der Waals surface area contributed by atoms with Crippen LogP contribution in [0.1, 0.15) is 12.5 Å². The molecule has 0 atom stereocenters. The number of rotatable bonds is 4. The molecular formula is C17H14Cl2N2O2. The normalized spacial score (nSPS) is 11.0. The van der Waals surface area contributed by atoms with Crippen LogP contribution in [0.2, 0.25) is 10.0 Å². The molecule has 2 amide bonds. The lowest BCUT2D eigenvalue weighted by molar-refractivity contribution is -0.120. The Kier molecular flexibility index (Phi) is 5.79. The molecule has 0 fully saturated rings. The average Bonchev–Trinajstić information content (AvgIpc) is 2.52. The van der Waals surface area contributed by atoms with Crippen molar-refractivity contribution in [3.05, 3.63) is 69.8 Å². The van der Waals surface area contributed by atoms with Gasteiger partial charge in [0.15, 0.2) is 0 Å². The van der Waals surface area contributed by atoms with Crippen molar-refractivity contribution in [2.75, 3.05) is 5.32 Å². The Balaban J connectivity index is 2.28. The van der Waals surface area contributed by atoms with Gasteiger partial charge in [-0.3, -0.25) is 9.59 Å². The molecule has 0 aromatic heterocycles. The second kappa shape index (κ2) is 7.81. The fourth-order valence-corrected chi connectivity index (χ4v) is 2.20. The summed E-state index contributed by atoms with van der Waals surface area (Å²) in [5.74, 6) is -0.840. The summed E-state index contributed by atoms with van der Waals surface area (Å²) in [4.78, 5) is 23.8. The van der Waals surface area contributed by atoms with Crippen LogP contribution in [0.3, 0.4) is 0 Å². The summed E-state index contributed by atoms with van der Waals surface area (Å²) >= 11 is 12.0. The molecule has 0 aliphatic rings. The van der Waals surface area contributed by atoms with Crippen molar-refractivity contribution in [2.24, 2.45) is 0 Å². The number of carbonyl (C=O) groups excluding carboxylic acids is 2. The van der Waals surface area contributed by atoms with Gasteiger partial charge in [-0.2, -0.15) is 0 Å². The monoisotopic (exact) mass is 348 g/mol. The molecular weight excluding hydrogens is 335 g/mol. The van der Waals surface area contributed by atoms with Gasteiger partial charge in [-0.05, 0) is 23.8 Å². The van der Waals surface area contributed by atoms with E-state index in [0.29, 0.717) is 10.7 Å². The second-order valence-corrected chi connectivity index (χ2v) is 5.49. The van der Waals surface area contributed by atoms with E-state index in [1.807, 2.05) is 30.3 Å². The van der Waals surface area contributed by atoms with Gasteiger partial charge in [0.1, 0.15) is 5.70 Å². The highest BCUT2D eigenvalue weighted by molar-refractivity contribution is 6.44. The molecule has 2 rings (SSSR count). The first-order chi connectivity index (χ1) is 11.0. The van der Waals surface area contributed by atoms with Gasteiger partial charge in [0.25, 0.3) is 5.91 Å². The molecule has 0 heterocycles. The zero-order chi connectivity index (χ0) is 16.8. The fourth-order valence-electron chi connectivity index (χ4n) is 1.85. The predicted octanol–water partition coefficient (Wildman–Crippen LogP) is 4.11.